The second-order valence-electron chi connectivity index (χ2n) is 3.69. The number of hydrogen-bond donors (Lipinski definition) is 1. The third kappa shape index (κ3) is 1.71. The zero-order valence-corrected chi connectivity index (χ0v) is 7.48. The molecule has 1 amide bonds. The van der Waals surface area contributed by atoms with Crippen LogP contribution in [0.15, 0.2) is 0 Å². The van der Waals surface area contributed by atoms with Gasteiger partial charge in [-0.2, -0.15) is 0 Å². The third-order valence-corrected chi connectivity index (χ3v) is 2.36. The summed E-state index contributed by atoms with van der Waals surface area (Å²) in [5.74, 6) is 0.236. The molecule has 1 saturated heterocycles. The van der Waals surface area contributed by atoms with Crippen LogP contribution in [0.1, 0.15) is 20.3 Å². The molecule has 64 valence electrons. The van der Waals surface area contributed by atoms with Crippen LogP contribution < -0.4 is 5.32 Å². The quantitative estimate of drug-likeness (QED) is 0.544. The molecule has 0 unspecified atom stereocenters. The van der Waals surface area contributed by atoms with Crippen LogP contribution in [-0.4, -0.2) is 36.5 Å². The molecule has 1 aliphatic heterocycles. The normalized spacial score (nSPS) is 25.0. The highest BCUT2D eigenvalue weighted by Gasteiger charge is 2.28. The number of rotatable bonds is 0. The van der Waals surface area contributed by atoms with E-state index in [1.807, 2.05) is 11.9 Å². The van der Waals surface area contributed by atoms with Crippen molar-refractivity contribution in [1.29, 1.82) is 0 Å². The van der Waals surface area contributed by atoms with Gasteiger partial charge < -0.3 is 10.2 Å². The number of carbonyl (C=O) groups is 1. The molecule has 1 rings (SSSR count). The van der Waals surface area contributed by atoms with Crippen molar-refractivity contribution in [1.82, 2.24) is 10.2 Å². The minimum Gasteiger partial charge on any atom is -0.339 e. The molecule has 1 fully saturated rings. The summed E-state index contributed by atoms with van der Waals surface area (Å²) >= 11 is 0. The van der Waals surface area contributed by atoms with Gasteiger partial charge in [0.2, 0.25) is 5.91 Å². The Balaban J connectivity index is 2.73. The highest BCUT2D eigenvalue weighted by Crippen LogP contribution is 2.14. The summed E-state index contributed by atoms with van der Waals surface area (Å²) < 4.78 is 0. The predicted molar refractivity (Wildman–Crippen MR) is 44.3 cm³/mol. The maximum Gasteiger partial charge on any atom is 0.224 e. The van der Waals surface area contributed by atoms with Crippen LogP contribution in [0.25, 0.3) is 0 Å². The van der Waals surface area contributed by atoms with Crippen molar-refractivity contribution in [2.45, 2.75) is 25.8 Å². The van der Waals surface area contributed by atoms with Crippen molar-refractivity contribution in [2.24, 2.45) is 0 Å². The molecule has 0 aliphatic carbocycles. The van der Waals surface area contributed by atoms with Gasteiger partial charge >= 0.3 is 0 Å². The zero-order valence-electron chi connectivity index (χ0n) is 7.48. The molecule has 3 heteroatoms. The van der Waals surface area contributed by atoms with Gasteiger partial charge in [0.25, 0.3) is 0 Å². The highest BCUT2D eigenvalue weighted by atomic mass is 16.2. The Hall–Kier alpha value is -0.570. The second-order valence-corrected chi connectivity index (χ2v) is 3.69. The summed E-state index contributed by atoms with van der Waals surface area (Å²) in [5, 5.41) is 3.24. The molecule has 0 saturated carbocycles. The first-order chi connectivity index (χ1) is 5.04. The summed E-state index contributed by atoms with van der Waals surface area (Å²) in [5.41, 5.74) is -0.0341. The van der Waals surface area contributed by atoms with E-state index < -0.39 is 0 Å². The van der Waals surface area contributed by atoms with E-state index >= 15 is 0 Å². The topological polar surface area (TPSA) is 32.3 Å². The average molecular weight is 156 g/mol. The molecule has 0 spiro atoms. The first-order valence-corrected chi connectivity index (χ1v) is 4.01. The van der Waals surface area contributed by atoms with Crippen LogP contribution in [0.2, 0.25) is 0 Å². The average Bonchev–Trinajstić information content (AvgIpc) is 2.03. The van der Waals surface area contributed by atoms with Crippen molar-refractivity contribution in [3.63, 3.8) is 0 Å². The van der Waals surface area contributed by atoms with Crippen molar-refractivity contribution in [3.8, 4) is 0 Å². The van der Waals surface area contributed by atoms with Crippen molar-refractivity contribution in [3.05, 3.63) is 0 Å². The molecule has 0 radical (unpaired) electrons. The lowest BCUT2D eigenvalue weighted by Crippen LogP contribution is -2.48. The van der Waals surface area contributed by atoms with Crippen LogP contribution in [-0.2, 0) is 4.79 Å². The zero-order chi connectivity index (χ0) is 8.48. The van der Waals surface area contributed by atoms with E-state index in [2.05, 4.69) is 19.2 Å². The Morgan fingerprint density at radius 1 is 1.55 bits per heavy atom. The molecule has 0 atom stereocenters. The van der Waals surface area contributed by atoms with Crippen molar-refractivity contribution >= 4 is 5.91 Å². The smallest absolute Gasteiger partial charge is 0.224 e. The van der Waals surface area contributed by atoms with Crippen LogP contribution in [0.4, 0.5) is 0 Å². The molecule has 11 heavy (non-hydrogen) atoms. The Kier molecular flexibility index (Phi) is 2.18. The fourth-order valence-corrected chi connectivity index (χ4v) is 1.21. The number of carbonyl (C=O) groups excluding carboxylic acids is 1. The molecule has 3 nitrogen and oxygen atoms in total. The van der Waals surface area contributed by atoms with Crippen LogP contribution in [0.3, 0.4) is 0 Å². The summed E-state index contributed by atoms with van der Waals surface area (Å²) in [6.45, 7) is 5.84. The summed E-state index contributed by atoms with van der Waals surface area (Å²) in [4.78, 5) is 13.1. The van der Waals surface area contributed by atoms with Gasteiger partial charge in [-0.15, -0.1) is 0 Å². The number of amides is 1. The fraction of sp³-hybridized carbons (Fsp3) is 0.875. The SMILES string of the molecule is CN1C(=O)CCNCC1(C)C. The number of nitrogens with zero attached hydrogens (tertiary/aromatic N) is 1. The van der Waals surface area contributed by atoms with Gasteiger partial charge in [0.15, 0.2) is 0 Å². The van der Waals surface area contributed by atoms with Crippen LogP contribution in [0, 0.1) is 0 Å². The van der Waals surface area contributed by atoms with Gasteiger partial charge in [-0.05, 0) is 13.8 Å². The van der Waals surface area contributed by atoms with E-state index in [0.717, 1.165) is 13.1 Å². The molecular weight excluding hydrogens is 140 g/mol. The summed E-state index contributed by atoms with van der Waals surface area (Å²) in [6.07, 6.45) is 0.625. The molecular formula is C8H16N2O. The predicted octanol–water partition coefficient (Wildman–Crippen LogP) is 0.217. The molecule has 0 aromatic heterocycles. The molecule has 0 bridgehead atoms. The van der Waals surface area contributed by atoms with Crippen LogP contribution in [0.5, 0.6) is 0 Å². The molecule has 1 N–H and O–H groups in total. The fourth-order valence-electron chi connectivity index (χ4n) is 1.21. The Labute approximate surface area is 67.8 Å². The lowest BCUT2D eigenvalue weighted by atomic mass is 10.0. The van der Waals surface area contributed by atoms with E-state index in [-0.39, 0.29) is 11.4 Å². The molecule has 0 aromatic rings. The number of likely N-dealkylation sites (N-methyl/N-ethyl adjacent to an activating group) is 1. The van der Waals surface area contributed by atoms with E-state index in [9.17, 15) is 4.79 Å². The van der Waals surface area contributed by atoms with Gasteiger partial charge in [0, 0.05) is 32.1 Å². The minimum atomic E-state index is -0.0341. The Morgan fingerprint density at radius 2 is 2.18 bits per heavy atom. The van der Waals surface area contributed by atoms with Crippen molar-refractivity contribution < 1.29 is 4.79 Å². The molecule has 1 aliphatic rings. The third-order valence-electron chi connectivity index (χ3n) is 2.36. The summed E-state index contributed by atoms with van der Waals surface area (Å²) in [7, 11) is 1.87. The minimum absolute atomic E-state index is 0.0341. The van der Waals surface area contributed by atoms with E-state index in [0.29, 0.717) is 6.42 Å². The van der Waals surface area contributed by atoms with E-state index in [1.54, 1.807) is 0 Å². The monoisotopic (exact) mass is 156 g/mol. The van der Waals surface area contributed by atoms with Gasteiger partial charge in [0.05, 0.1) is 0 Å². The largest absolute Gasteiger partial charge is 0.339 e. The van der Waals surface area contributed by atoms with Gasteiger partial charge in [-0.1, -0.05) is 0 Å². The summed E-state index contributed by atoms with van der Waals surface area (Å²) in [6, 6.07) is 0. The van der Waals surface area contributed by atoms with Gasteiger partial charge in [0.1, 0.15) is 0 Å². The second kappa shape index (κ2) is 2.81. The van der Waals surface area contributed by atoms with Gasteiger partial charge in [-0.3, -0.25) is 4.79 Å². The molecule has 1 heterocycles. The van der Waals surface area contributed by atoms with Crippen molar-refractivity contribution in [2.75, 3.05) is 20.1 Å². The number of hydrogen-bond acceptors (Lipinski definition) is 2. The highest BCUT2D eigenvalue weighted by molar-refractivity contribution is 5.77. The Morgan fingerprint density at radius 3 is 2.82 bits per heavy atom. The lowest BCUT2D eigenvalue weighted by Gasteiger charge is -2.33. The molecule has 0 aromatic carbocycles. The maximum atomic E-state index is 11.3. The Bertz CT molecular complexity index is 165. The lowest BCUT2D eigenvalue weighted by molar-refractivity contribution is -0.133. The first-order valence-electron chi connectivity index (χ1n) is 4.01. The van der Waals surface area contributed by atoms with E-state index in [4.69, 9.17) is 0 Å². The first kappa shape index (κ1) is 8.53. The van der Waals surface area contributed by atoms with Crippen LogP contribution >= 0.6 is 0 Å². The van der Waals surface area contributed by atoms with Gasteiger partial charge in [-0.25, -0.2) is 0 Å². The number of nitrogens with one attached hydrogen (secondary N) is 1. The standard InChI is InChI=1S/C8H16N2O/c1-8(2)6-9-5-4-7(11)10(8)3/h9H,4-6H2,1-3H3. The maximum absolute atomic E-state index is 11.3. The van der Waals surface area contributed by atoms with E-state index in [1.165, 1.54) is 0 Å².